The molecule has 3 rings (SSSR count). The summed E-state index contributed by atoms with van der Waals surface area (Å²) in [5.74, 6) is 0.295. The maximum atomic E-state index is 12.4. The summed E-state index contributed by atoms with van der Waals surface area (Å²) in [7, 11) is 0. The number of nitrogens with one attached hydrogen (secondary N) is 1. The van der Waals surface area contributed by atoms with Crippen LogP contribution in [0.15, 0.2) is 18.2 Å². The number of nitrogens with zero attached hydrogens (tertiary/aromatic N) is 2. The minimum absolute atomic E-state index is 0.122. The molecule has 0 saturated heterocycles. The number of carbonyl (C=O) groups is 2. The molecule has 1 aliphatic carbocycles. The lowest BCUT2D eigenvalue weighted by atomic mass is 9.87. The Kier molecular flexibility index (Phi) is 4.87. The molecule has 0 bridgehead atoms. The van der Waals surface area contributed by atoms with Crippen molar-refractivity contribution in [2.45, 2.75) is 38.6 Å². The molecule has 1 aromatic rings. The van der Waals surface area contributed by atoms with Crippen LogP contribution in [0.4, 0.5) is 11.4 Å². The van der Waals surface area contributed by atoms with E-state index >= 15 is 0 Å². The van der Waals surface area contributed by atoms with Gasteiger partial charge in [0.25, 0.3) is 11.6 Å². The van der Waals surface area contributed by atoms with Crippen LogP contribution in [0.1, 0.15) is 32.6 Å². The fourth-order valence-electron chi connectivity index (χ4n) is 3.46. The number of hydrogen-bond donors (Lipinski definition) is 1. The van der Waals surface area contributed by atoms with E-state index in [0.717, 1.165) is 19.3 Å². The normalized spacial score (nSPS) is 22.8. The summed E-state index contributed by atoms with van der Waals surface area (Å²) in [6.45, 7) is 1.82. The SMILES string of the molecule is CC1CCCC(NC(=O)CN2C(=O)COc3ccc([N+](=O)[O-])cc32)C1. The molecule has 25 heavy (non-hydrogen) atoms. The summed E-state index contributed by atoms with van der Waals surface area (Å²) in [4.78, 5) is 36.2. The molecule has 0 spiro atoms. The number of nitro benzene ring substituents is 1. The number of non-ortho nitro benzene ring substituents is 1. The summed E-state index contributed by atoms with van der Waals surface area (Å²) >= 11 is 0. The number of benzene rings is 1. The van der Waals surface area contributed by atoms with Gasteiger partial charge in [-0.1, -0.05) is 19.8 Å². The van der Waals surface area contributed by atoms with Crippen molar-refractivity contribution in [2.75, 3.05) is 18.1 Å². The first-order chi connectivity index (χ1) is 11.9. The van der Waals surface area contributed by atoms with Crippen LogP contribution < -0.4 is 15.0 Å². The standard InChI is InChI=1S/C17H21N3O5/c1-11-3-2-4-12(7-11)18-16(21)9-19-14-8-13(20(23)24)5-6-15(14)25-10-17(19)22/h5-6,8,11-12H,2-4,7,9-10H2,1H3,(H,18,21). The first kappa shape index (κ1) is 17.2. The lowest BCUT2D eigenvalue weighted by molar-refractivity contribution is -0.384. The van der Waals surface area contributed by atoms with Gasteiger partial charge in [-0.2, -0.15) is 0 Å². The molecule has 1 N–H and O–H groups in total. The van der Waals surface area contributed by atoms with Crippen LogP contribution in [0.2, 0.25) is 0 Å². The predicted octanol–water partition coefficient (Wildman–Crippen LogP) is 2.02. The number of nitro groups is 1. The van der Waals surface area contributed by atoms with Crippen LogP contribution in [-0.4, -0.2) is 35.9 Å². The lowest BCUT2D eigenvalue weighted by Gasteiger charge is -2.31. The van der Waals surface area contributed by atoms with Crippen LogP contribution in [0.25, 0.3) is 0 Å². The Morgan fingerprint density at radius 1 is 1.44 bits per heavy atom. The smallest absolute Gasteiger partial charge is 0.271 e. The van der Waals surface area contributed by atoms with Gasteiger partial charge in [-0.15, -0.1) is 0 Å². The number of fused-ring (bicyclic) bond motifs is 1. The third kappa shape index (κ3) is 3.89. The molecule has 8 nitrogen and oxygen atoms in total. The summed E-state index contributed by atoms with van der Waals surface area (Å²) in [6, 6.07) is 4.16. The molecule has 2 unspecified atom stereocenters. The molecular formula is C17H21N3O5. The van der Waals surface area contributed by atoms with E-state index in [1.165, 1.54) is 29.5 Å². The Morgan fingerprint density at radius 2 is 2.24 bits per heavy atom. The highest BCUT2D eigenvalue weighted by atomic mass is 16.6. The molecule has 1 aliphatic heterocycles. The van der Waals surface area contributed by atoms with Crippen molar-refractivity contribution in [2.24, 2.45) is 5.92 Å². The largest absolute Gasteiger partial charge is 0.482 e. The molecule has 0 radical (unpaired) electrons. The van der Waals surface area contributed by atoms with Gasteiger partial charge in [0.15, 0.2) is 6.61 Å². The van der Waals surface area contributed by atoms with Gasteiger partial charge in [0.1, 0.15) is 12.3 Å². The molecule has 8 heteroatoms. The number of rotatable bonds is 4. The number of anilines is 1. The summed E-state index contributed by atoms with van der Waals surface area (Å²) in [5.41, 5.74) is 0.112. The summed E-state index contributed by atoms with van der Waals surface area (Å²) in [5, 5.41) is 14.0. The summed E-state index contributed by atoms with van der Waals surface area (Å²) < 4.78 is 5.30. The first-order valence-corrected chi connectivity index (χ1v) is 8.45. The van der Waals surface area contributed by atoms with Crippen molar-refractivity contribution < 1.29 is 19.2 Å². The zero-order chi connectivity index (χ0) is 18.0. The molecule has 2 atom stereocenters. The van der Waals surface area contributed by atoms with Crippen LogP contribution in [-0.2, 0) is 9.59 Å². The lowest BCUT2D eigenvalue weighted by Crippen LogP contribution is -2.48. The average molecular weight is 347 g/mol. The number of carbonyl (C=O) groups excluding carboxylic acids is 2. The maximum Gasteiger partial charge on any atom is 0.271 e. The highest BCUT2D eigenvalue weighted by Gasteiger charge is 2.30. The van der Waals surface area contributed by atoms with Crippen molar-refractivity contribution in [3.05, 3.63) is 28.3 Å². The quantitative estimate of drug-likeness (QED) is 0.663. The monoisotopic (exact) mass is 347 g/mol. The maximum absolute atomic E-state index is 12.4. The third-order valence-corrected chi connectivity index (χ3v) is 4.70. The van der Waals surface area contributed by atoms with Gasteiger partial charge in [-0.3, -0.25) is 24.6 Å². The molecule has 1 fully saturated rings. The van der Waals surface area contributed by atoms with Gasteiger partial charge in [0, 0.05) is 18.2 Å². The second kappa shape index (κ2) is 7.08. The van der Waals surface area contributed by atoms with Crippen molar-refractivity contribution >= 4 is 23.2 Å². The third-order valence-electron chi connectivity index (χ3n) is 4.70. The van der Waals surface area contributed by atoms with Crippen molar-refractivity contribution in [1.82, 2.24) is 5.32 Å². The van der Waals surface area contributed by atoms with Crippen molar-refractivity contribution in [3.63, 3.8) is 0 Å². The van der Waals surface area contributed by atoms with E-state index in [9.17, 15) is 19.7 Å². The molecule has 1 heterocycles. The average Bonchev–Trinajstić information content (AvgIpc) is 2.57. The Balaban J connectivity index is 1.73. The molecule has 2 aliphatic rings. The predicted molar refractivity (Wildman–Crippen MR) is 90.5 cm³/mol. The second-order valence-corrected chi connectivity index (χ2v) is 6.71. The summed E-state index contributed by atoms with van der Waals surface area (Å²) in [6.07, 6.45) is 4.13. The zero-order valence-corrected chi connectivity index (χ0v) is 14.1. The van der Waals surface area contributed by atoms with Gasteiger partial charge >= 0.3 is 0 Å². The molecule has 134 valence electrons. The Hall–Kier alpha value is -2.64. The number of hydrogen-bond acceptors (Lipinski definition) is 5. The van der Waals surface area contributed by atoms with Crippen LogP contribution in [0.5, 0.6) is 5.75 Å². The van der Waals surface area contributed by atoms with Crippen LogP contribution >= 0.6 is 0 Å². The molecule has 1 saturated carbocycles. The van der Waals surface area contributed by atoms with Crippen LogP contribution in [0, 0.1) is 16.0 Å². The highest BCUT2D eigenvalue weighted by Crippen LogP contribution is 2.35. The van der Waals surface area contributed by atoms with E-state index < -0.39 is 4.92 Å². The van der Waals surface area contributed by atoms with Crippen molar-refractivity contribution in [1.29, 1.82) is 0 Å². The Bertz CT molecular complexity index is 706. The molecule has 1 aromatic carbocycles. The number of amides is 2. The van der Waals surface area contributed by atoms with E-state index in [-0.39, 0.29) is 42.4 Å². The highest BCUT2D eigenvalue weighted by molar-refractivity contribution is 6.02. The topological polar surface area (TPSA) is 102 Å². The Morgan fingerprint density at radius 3 is 2.96 bits per heavy atom. The van der Waals surface area contributed by atoms with E-state index in [1.54, 1.807) is 0 Å². The minimum Gasteiger partial charge on any atom is -0.482 e. The zero-order valence-electron chi connectivity index (χ0n) is 14.1. The van der Waals surface area contributed by atoms with Gasteiger partial charge in [-0.05, 0) is 24.8 Å². The molecule has 0 aromatic heterocycles. The van der Waals surface area contributed by atoms with E-state index in [2.05, 4.69) is 12.2 Å². The van der Waals surface area contributed by atoms with Gasteiger partial charge < -0.3 is 10.1 Å². The fourth-order valence-corrected chi connectivity index (χ4v) is 3.46. The Labute approximate surface area is 145 Å². The fraction of sp³-hybridized carbons (Fsp3) is 0.529. The van der Waals surface area contributed by atoms with E-state index in [1.807, 2.05) is 0 Å². The first-order valence-electron chi connectivity index (χ1n) is 8.45. The van der Waals surface area contributed by atoms with Crippen molar-refractivity contribution in [3.8, 4) is 5.75 Å². The van der Waals surface area contributed by atoms with Gasteiger partial charge in [-0.25, -0.2) is 0 Å². The van der Waals surface area contributed by atoms with Gasteiger partial charge in [0.05, 0.1) is 10.6 Å². The second-order valence-electron chi connectivity index (χ2n) is 6.71. The van der Waals surface area contributed by atoms with E-state index in [4.69, 9.17) is 4.74 Å². The molecular weight excluding hydrogens is 326 g/mol. The van der Waals surface area contributed by atoms with Crippen LogP contribution in [0.3, 0.4) is 0 Å². The van der Waals surface area contributed by atoms with Gasteiger partial charge in [0.2, 0.25) is 5.91 Å². The molecule has 2 amide bonds. The minimum atomic E-state index is -0.541. The number of ether oxygens (including phenoxy) is 1. The van der Waals surface area contributed by atoms with E-state index in [0.29, 0.717) is 11.7 Å².